The van der Waals surface area contributed by atoms with E-state index in [9.17, 15) is 9.59 Å². The highest BCUT2D eigenvalue weighted by atomic mass is 35.5. The van der Waals surface area contributed by atoms with Gasteiger partial charge in [-0.05, 0) is 54.2 Å². The van der Waals surface area contributed by atoms with Crippen molar-refractivity contribution in [2.45, 2.75) is 31.7 Å². The van der Waals surface area contributed by atoms with Crippen LogP contribution in [0.15, 0.2) is 41.2 Å². The minimum Gasteiger partial charge on any atom is -0.395 e. The highest BCUT2D eigenvalue weighted by molar-refractivity contribution is 6.30. The molecule has 4 rings (SSSR count). The van der Waals surface area contributed by atoms with Crippen LogP contribution in [-0.4, -0.2) is 41.0 Å². The van der Waals surface area contributed by atoms with Gasteiger partial charge in [0.2, 0.25) is 5.43 Å². The van der Waals surface area contributed by atoms with E-state index in [0.717, 1.165) is 24.0 Å². The number of benzene rings is 2. The number of nitrogens with zero attached hydrogens (tertiary/aromatic N) is 1. The number of carbonyl (C=O) groups excluding carboxylic acids is 1. The van der Waals surface area contributed by atoms with Crippen molar-refractivity contribution in [3.8, 4) is 11.8 Å². The van der Waals surface area contributed by atoms with Crippen LogP contribution in [0.4, 0.5) is 0 Å². The summed E-state index contributed by atoms with van der Waals surface area (Å²) in [4.78, 5) is 26.0. The monoisotopic (exact) mass is 465 g/mol. The Bertz CT molecular complexity index is 1270. The van der Waals surface area contributed by atoms with Crippen molar-refractivity contribution in [2.24, 2.45) is 0 Å². The molecule has 1 fully saturated rings. The standard InChI is InChI=1S/C25H24ClN3O4/c26-20-6-4-16(5-7-20)15-27-25(32)23-24(31)21-14-19(17-8-11-33-12-9-17)13-18(3-1-2-10-30)22(21)28-29-23/h4-7,13-14,17,30H,2,8-12,15H2,(H,27,32)(H,28,31). The Labute approximate surface area is 196 Å². The molecule has 1 saturated heterocycles. The number of fused-ring (bicyclic) bond motifs is 1. The summed E-state index contributed by atoms with van der Waals surface area (Å²) in [5.41, 5.74) is 2.30. The minimum atomic E-state index is -0.558. The number of amides is 1. The lowest BCUT2D eigenvalue weighted by atomic mass is 9.89. The first kappa shape index (κ1) is 23.0. The molecule has 0 saturated carbocycles. The van der Waals surface area contributed by atoms with Gasteiger partial charge in [0.25, 0.3) is 5.91 Å². The molecule has 2 heterocycles. The second-order valence-corrected chi connectivity index (χ2v) is 8.30. The van der Waals surface area contributed by atoms with Crippen molar-refractivity contribution in [1.82, 2.24) is 15.5 Å². The van der Waals surface area contributed by atoms with Crippen molar-refractivity contribution in [3.63, 3.8) is 0 Å². The molecule has 33 heavy (non-hydrogen) atoms. The molecule has 0 aliphatic carbocycles. The van der Waals surface area contributed by atoms with Gasteiger partial charge in [0.1, 0.15) is 0 Å². The van der Waals surface area contributed by atoms with E-state index in [2.05, 4.69) is 27.4 Å². The van der Waals surface area contributed by atoms with Crippen LogP contribution in [0, 0.1) is 11.8 Å². The highest BCUT2D eigenvalue weighted by Gasteiger charge is 2.21. The molecule has 1 amide bonds. The molecule has 3 N–H and O–H groups in total. The quantitative estimate of drug-likeness (QED) is 0.502. The summed E-state index contributed by atoms with van der Waals surface area (Å²) in [6, 6.07) is 10.9. The molecule has 0 unspecified atom stereocenters. The van der Waals surface area contributed by atoms with E-state index in [-0.39, 0.29) is 24.8 Å². The van der Waals surface area contributed by atoms with Crippen LogP contribution in [0.25, 0.3) is 10.9 Å². The molecule has 0 bridgehead atoms. The maximum absolute atomic E-state index is 13.3. The molecule has 2 aromatic carbocycles. The Balaban J connectivity index is 1.69. The fraction of sp³-hybridized carbons (Fsp3) is 0.320. The zero-order valence-electron chi connectivity index (χ0n) is 18.0. The van der Waals surface area contributed by atoms with Gasteiger partial charge in [0.05, 0.1) is 23.1 Å². The van der Waals surface area contributed by atoms with Crippen LogP contribution in [-0.2, 0) is 11.3 Å². The number of ether oxygens (including phenoxy) is 1. The number of rotatable bonds is 5. The van der Waals surface area contributed by atoms with Gasteiger partial charge in [-0.1, -0.05) is 35.6 Å². The summed E-state index contributed by atoms with van der Waals surface area (Å²) in [7, 11) is 0. The fourth-order valence-corrected chi connectivity index (χ4v) is 3.98. The predicted octanol–water partition coefficient (Wildman–Crippen LogP) is 3.13. The number of aromatic nitrogens is 2. The van der Waals surface area contributed by atoms with Gasteiger partial charge in [-0.15, -0.1) is 0 Å². The lowest BCUT2D eigenvalue weighted by Gasteiger charge is -2.23. The van der Waals surface area contributed by atoms with Gasteiger partial charge < -0.3 is 15.2 Å². The van der Waals surface area contributed by atoms with Crippen LogP contribution < -0.4 is 10.7 Å². The zero-order chi connectivity index (χ0) is 23.2. The molecule has 0 spiro atoms. The first-order valence-corrected chi connectivity index (χ1v) is 11.2. The summed E-state index contributed by atoms with van der Waals surface area (Å²) in [6.07, 6.45) is 2.03. The van der Waals surface area contributed by atoms with E-state index < -0.39 is 11.3 Å². The smallest absolute Gasteiger partial charge is 0.276 e. The molecular formula is C25H24ClN3O4. The number of hydrogen-bond acceptors (Lipinski definition) is 5. The third kappa shape index (κ3) is 5.42. The maximum atomic E-state index is 13.3. The van der Waals surface area contributed by atoms with Gasteiger partial charge >= 0.3 is 0 Å². The Morgan fingerprint density at radius 2 is 2.00 bits per heavy atom. The number of aliphatic hydroxyl groups is 1. The van der Waals surface area contributed by atoms with Crippen molar-refractivity contribution in [1.29, 1.82) is 0 Å². The van der Waals surface area contributed by atoms with E-state index >= 15 is 0 Å². The Morgan fingerprint density at radius 3 is 2.73 bits per heavy atom. The second-order valence-electron chi connectivity index (χ2n) is 7.86. The van der Waals surface area contributed by atoms with Gasteiger partial charge in [-0.3, -0.25) is 14.7 Å². The first-order valence-electron chi connectivity index (χ1n) is 10.8. The van der Waals surface area contributed by atoms with Crippen LogP contribution in [0.5, 0.6) is 0 Å². The summed E-state index contributed by atoms with van der Waals surface area (Å²) in [6.45, 7) is 1.53. The molecule has 7 nitrogen and oxygen atoms in total. The summed E-state index contributed by atoms with van der Waals surface area (Å²) >= 11 is 5.90. The van der Waals surface area contributed by atoms with Crippen LogP contribution in [0.1, 0.15) is 52.4 Å². The van der Waals surface area contributed by atoms with Crippen LogP contribution in [0.2, 0.25) is 5.02 Å². The molecule has 0 radical (unpaired) electrons. The van der Waals surface area contributed by atoms with Gasteiger partial charge in [-0.2, -0.15) is 5.10 Å². The molecule has 1 aromatic heterocycles. The number of H-pyrrole nitrogens is 1. The zero-order valence-corrected chi connectivity index (χ0v) is 18.7. The SMILES string of the molecule is O=C(NCc1ccc(Cl)cc1)c1n[nH]c2c(C#CCCO)cc(C3CCOCC3)cc2c1=O. The number of aromatic amines is 1. The van der Waals surface area contributed by atoms with Crippen molar-refractivity contribution in [2.75, 3.05) is 19.8 Å². The van der Waals surface area contributed by atoms with E-state index in [1.165, 1.54) is 0 Å². The molecule has 170 valence electrons. The average Bonchev–Trinajstić information content (AvgIpc) is 2.84. The van der Waals surface area contributed by atoms with Crippen molar-refractivity contribution >= 4 is 28.4 Å². The third-order valence-electron chi connectivity index (χ3n) is 5.63. The third-order valence-corrected chi connectivity index (χ3v) is 5.89. The molecule has 1 aliphatic rings. The second kappa shape index (κ2) is 10.6. The summed E-state index contributed by atoms with van der Waals surface area (Å²) < 4.78 is 5.47. The number of aliphatic hydroxyl groups excluding tert-OH is 1. The lowest BCUT2D eigenvalue weighted by molar-refractivity contribution is 0.0853. The molecular weight excluding hydrogens is 442 g/mol. The lowest BCUT2D eigenvalue weighted by Crippen LogP contribution is -2.30. The Kier molecular flexibility index (Phi) is 7.40. The number of halogens is 1. The number of carbonyl (C=O) groups is 1. The van der Waals surface area contributed by atoms with Gasteiger partial charge in [-0.25, -0.2) is 0 Å². The van der Waals surface area contributed by atoms with Gasteiger partial charge in [0.15, 0.2) is 5.69 Å². The summed E-state index contributed by atoms with van der Waals surface area (Å²) in [5.74, 6) is 5.63. The normalized spacial score (nSPS) is 14.0. The fourth-order valence-electron chi connectivity index (χ4n) is 3.86. The van der Waals surface area contributed by atoms with Crippen molar-refractivity contribution < 1.29 is 14.6 Å². The minimum absolute atomic E-state index is 0.0443. The Hall–Kier alpha value is -3.18. The van der Waals surface area contributed by atoms with Crippen LogP contribution in [0.3, 0.4) is 0 Å². The van der Waals surface area contributed by atoms with E-state index in [1.54, 1.807) is 24.3 Å². The van der Waals surface area contributed by atoms with Gasteiger partial charge in [0, 0.05) is 31.2 Å². The largest absolute Gasteiger partial charge is 0.395 e. The van der Waals surface area contributed by atoms with E-state index in [4.69, 9.17) is 21.4 Å². The maximum Gasteiger partial charge on any atom is 0.276 e. The first-order chi connectivity index (χ1) is 16.1. The molecule has 0 atom stereocenters. The number of nitrogens with one attached hydrogen (secondary N) is 2. The van der Waals surface area contributed by atoms with Crippen LogP contribution >= 0.6 is 11.6 Å². The average molecular weight is 466 g/mol. The predicted molar refractivity (Wildman–Crippen MR) is 126 cm³/mol. The Morgan fingerprint density at radius 1 is 1.24 bits per heavy atom. The molecule has 1 aliphatic heterocycles. The van der Waals surface area contributed by atoms with Crippen molar-refractivity contribution in [3.05, 3.63) is 74.0 Å². The van der Waals surface area contributed by atoms with E-state index in [0.29, 0.717) is 41.1 Å². The summed E-state index contributed by atoms with van der Waals surface area (Å²) in [5, 5.41) is 19.7. The molecule has 8 heteroatoms. The van der Waals surface area contributed by atoms with E-state index in [1.807, 2.05) is 12.1 Å². The topological polar surface area (TPSA) is 104 Å². The highest BCUT2D eigenvalue weighted by Crippen LogP contribution is 2.29. The number of hydrogen-bond donors (Lipinski definition) is 3. The molecule has 3 aromatic rings.